The Balaban J connectivity index is 2.26. The Morgan fingerprint density at radius 2 is 2.04 bits per heavy atom. The van der Waals surface area contributed by atoms with Gasteiger partial charge in [-0.15, -0.1) is 0 Å². The maximum atomic E-state index is 11.8. The summed E-state index contributed by atoms with van der Waals surface area (Å²) in [6.45, 7) is 6.50. The Labute approximate surface area is 139 Å². The number of amidine groups is 1. The van der Waals surface area contributed by atoms with E-state index in [1.165, 1.54) is 17.8 Å². The highest BCUT2D eigenvalue weighted by molar-refractivity contribution is 8.13. The zero-order valence-corrected chi connectivity index (χ0v) is 14.7. The maximum Gasteiger partial charge on any atom is 0.336 e. The summed E-state index contributed by atoms with van der Waals surface area (Å²) in [5.41, 5.74) is 9.37. The number of aryl methyl sites for hydroxylation is 2. The largest absolute Gasteiger partial charge is 0.423 e. The monoisotopic (exact) mass is 334 g/mol. The number of hydrogen-bond acceptors (Lipinski definition) is 5. The number of methoxy groups -OCH3 is 1. The lowest BCUT2D eigenvalue weighted by Gasteiger charge is -2.09. The molecule has 2 N–H and O–H groups in total. The van der Waals surface area contributed by atoms with E-state index in [1.54, 1.807) is 7.11 Å². The van der Waals surface area contributed by atoms with Crippen molar-refractivity contribution in [2.45, 2.75) is 32.6 Å². The Morgan fingerprint density at radius 1 is 1.35 bits per heavy atom. The highest BCUT2D eigenvalue weighted by Crippen LogP contribution is 2.24. The van der Waals surface area contributed by atoms with Crippen LogP contribution in [0.25, 0.3) is 11.0 Å². The lowest BCUT2D eigenvalue weighted by Crippen LogP contribution is -2.15. The molecule has 1 atom stereocenters. The van der Waals surface area contributed by atoms with Crippen LogP contribution >= 0.6 is 11.8 Å². The Morgan fingerprint density at radius 3 is 2.74 bits per heavy atom. The summed E-state index contributed by atoms with van der Waals surface area (Å²) in [6.07, 6.45) is 0. The fraction of sp³-hybridized carbons (Fsp3) is 0.412. The molecule has 2 aromatic rings. The van der Waals surface area contributed by atoms with Crippen molar-refractivity contribution in [3.05, 3.63) is 45.3 Å². The van der Waals surface area contributed by atoms with E-state index in [0.717, 1.165) is 22.1 Å². The molecule has 0 aliphatic carbocycles. The molecule has 0 bridgehead atoms. The second-order valence-corrected chi connectivity index (χ2v) is 6.58. The van der Waals surface area contributed by atoms with Gasteiger partial charge in [0.2, 0.25) is 0 Å². The quantitative estimate of drug-likeness (QED) is 0.517. The molecule has 0 spiro atoms. The summed E-state index contributed by atoms with van der Waals surface area (Å²) in [5.74, 6) is 0.569. The van der Waals surface area contributed by atoms with Gasteiger partial charge in [-0.25, -0.2) is 4.79 Å². The van der Waals surface area contributed by atoms with Gasteiger partial charge in [0.15, 0.2) is 5.17 Å². The number of fused-ring (bicyclic) bond motifs is 1. The molecule has 0 amide bonds. The molecule has 6 heteroatoms. The molecule has 5 nitrogen and oxygen atoms in total. The van der Waals surface area contributed by atoms with E-state index in [1.807, 2.05) is 32.9 Å². The van der Waals surface area contributed by atoms with Crippen LogP contribution in [0.3, 0.4) is 0 Å². The second-order valence-electron chi connectivity index (χ2n) is 5.58. The van der Waals surface area contributed by atoms with Gasteiger partial charge in [0.1, 0.15) is 5.58 Å². The third kappa shape index (κ3) is 4.59. The van der Waals surface area contributed by atoms with Crippen LogP contribution in [0.1, 0.15) is 23.6 Å². The van der Waals surface area contributed by atoms with E-state index >= 15 is 0 Å². The standard InChI is InChI=1S/C17H22N2O3S/c1-10-5-14-13(7-16(20)22-15(14)6-11(10)2)9-23-17(18)19-12(3)8-21-4/h5-7,12H,8-9H2,1-4H3,(H2,18,19)/t12-/m1/s1. The van der Waals surface area contributed by atoms with Crippen LogP contribution in [0.2, 0.25) is 0 Å². The lowest BCUT2D eigenvalue weighted by molar-refractivity contribution is 0.186. The molecule has 124 valence electrons. The highest BCUT2D eigenvalue weighted by atomic mass is 32.2. The lowest BCUT2D eigenvalue weighted by atomic mass is 10.0. The van der Waals surface area contributed by atoms with E-state index < -0.39 is 0 Å². The molecule has 0 fully saturated rings. The normalized spacial score (nSPS) is 13.5. The highest BCUT2D eigenvalue weighted by Gasteiger charge is 2.09. The minimum Gasteiger partial charge on any atom is -0.423 e. The minimum atomic E-state index is -0.348. The number of thioether (sulfide) groups is 1. The third-order valence-electron chi connectivity index (χ3n) is 3.58. The summed E-state index contributed by atoms with van der Waals surface area (Å²) < 4.78 is 10.3. The van der Waals surface area contributed by atoms with Crippen molar-refractivity contribution in [3.63, 3.8) is 0 Å². The predicted octanol–water partition coefficient (Wildman–Crippen LogP) is 2.99. The Bertz CT molecular complexity index is 783. The minimum absolute atomic E-state index is 0.00924. The number of ether oxygens (including phenoxy) is 1. The predicted molar refractivity (Wildman–Crippen MR) is 96.2 cm³/mol. The van der Waals surface area contributed by atoms with Gasteiger partial charge in [0.25, 0.3) is 0 Å². The zero-order valence-electron chi connectivity index (χ0n) is 13.9. The number of benzene rings is 1. The Hall–Kier alpha value is -1.79. The van der Waals surface area contributed by atoms with Crippen LogP contribution in [-0.2, 0) is 10.5 Å². The molecular formula is C17H22N2O3S. The van der Waals surface area contributed by atoms with E-state index in [2.05, 4.69) is 4.99 Å². The summed E-state index contributed by atoms with van der Waals surface area (Å²) in [4.78, 5) is 16.1. The van der Waals surface area contributed by atoms with Crippen molar-refractivity contribution in [3.8, 4) is 0 Å². The average Bonchev–Trinajstić information content (AvgIpc) is 2.47. The topological polar surface area (TPSA) is 77.8 Å². The molecule has 0 saturated carbocycles. The molecule has 0 radical (unpaired) electrons. The van der Waals surface area contributed by atoms with Gasteiger partial charge in [-0.2, -0.15) is 0 Å². The number of hydrogen-bond donors (Lipinski definition) is 1. The van der Waals surface area contributed by atoms with Crippen molar-refractivity contribution < 1.29 is 9.15 Å². The third-order valence-corrected chi connectivity index (χ3v) is 4.43. The summed E-state index contributed by atoms with van der Waals surface area (Å²) in [6, 6.07) is 5.48. The second kappa shape index (κ2) is 7.66. The van der Waals surface area contributed by atoms with Gasteiger partial charge in [-0.05, 0) is 49.6 Å². The van der Waals surface area contributed by atoms with Gasteiger partial charge in [0, 0.05) is 24.3 Å². The van der Waals surface area contributed by atoms with Crippen molar-refractivity contribution in [2.24, 2.45) is 10.7 Å². The molecule has 1 heterocycles. The zero-order chi connectivity index (χ0) is 17.0. The van der Waals surface area contributed by atoms with E-state index in [9.17, 15) is 4.79 Å². The van der Waals surface area contributed by atoms with Crippen LogP contribution in [0.4, 0.5) is 0 Å². The summed E-state index contributed by atoms with van der Waals surface area (Å²) in [7, 11) is 1.63. The summed E-state index contributed by atoms with van der Waals surface area (Å²) in [5, 5.41) is 1.43. The van der Waals surface area contributed by atoms with E-state index in [0.29, 0.717) is 23.1 Å². The van der Waals surface area contributed by atoms with Crippen molar-refractivity contribution in [1.29, 1.82) is 0 Å². The van der Waals surface area contributed by atoms with Gasteiger partial charge < -0.3 is 14.9 Å². The SMILES string of the molecule is COC[C@@H](C)N=C(N)SCc1cc(=O)oc2cc(C)c(C)cc12. The van der Waals surface area contributed by atoms with Crippen LogP contribution in [0.15, 0.2) is 32.4 Å². The fourth-order valence-electron chi connectivity index (χ4n) is 2.29. The number of aliphatic imine (C=N–C) groups is 1. The van der Waals surface area contributed by atoms with Crippen LogP contribution in [0.5, 0.6) is 0 Å². The van der Waals surface area contributed by atoms with Crippen LogP contribution < -0.4 is 11.4 Å². The molecule has 2 rings (SSSR count). The van der Waals surface area contributed by atoms with Crippen LogP contribution in [-0.4, -0.2) is 24.9 Å². The van der Waals surface area contributed by atoms with Gasteiger partial charge in [0.05, 0.1) is 12.6 Å². The smallest absolute Gasteiger partial charge is 0.336 e. The average molecular weight is 334 g/mol. The molecule has 0 saturated heterocycles. The number of nitrogens with zero attached hydrogens (tertiary/aromatic N) is 1. The Kier molecular flexibility index (Phi) is 5.85. The molecule has 0 unspecified atom stereocenters. The first-order valence-corrected chi connectivity index (χ1v) is 8.38. The van der Waals surface area contributed by atoms with Gasteiger partial charge in [-0.1, -0.05) is 11.8 Å². The molecule has 1 aromatic carbocycles. The number of rotatable bonds is 5. The van der Waals surface area contributed by atoms with Gasteiger partial charge >= 0.3 is 5.63 Å². The van der Waals surface area contributed by atoms with Crippen molar-refractivity contribution >= 4 is 27.9 Å². The van der Waals surface area contributed by atoms with Crippen LogP contribution in [0, 0.1) is 13.8 Å². The summed E-state index contributed by atoms with van der Waals surface area (Å²) >= 11 is 1.41. The fourth-order valence-corrected chi connectivity index (χ4v) is 3.08. The molecule has 0 aliphatic heterocycles. The first-order chi connectivity index (χ1) is 10.9. The van der Waals surface area contributed by atoms with Crippen molar-refractivity contribution in [1.82, 2.24) is 0 Å². The van der Waals surface area contributed by atoms with Crippen molar-refractivity contribution in [2.75, 3.05) is 13.7 Å². The number of nitrogens with two attached hydrogens (primary N) is 1. The van der Waals surface area contributed by atoms with E-state index in [-0.39, 0.29) is 11.7 Å². The molecular weight excluding hydrogens is 312 g/mol. The molecule has 23 heavy (non-hydrogen) atoms. The maximum absolute atomic E-state index is 11.8. The van der Waals surface area contributed by atoms with Gasteiger partial charge in [-0.3, -0.25) is 4.99 Å². The molecule has 1 aromatic heterocycles. The first-order valence-electron chi connectivity index (χ1n) is 7.39. The first kappa shape index (κ1) is 17.6. The molecule has 0 aliphatic rings. The van der Waals surface area contributed by atoms with E-state index in [4.69, 9.17) is 14.9 Å².